The SMILES string of the molecule is CCc1cn2c(n1)CC(C(=O)NC(C)(C)CC1CC(C)(C)NC1=O)CC2. The molecule has 1 aromatic heterocycles. The Morgan fingerprint density at radius 2 is 2.19 bits per heavy atom. The van der Waals surface area contributed by atoms with Crippen LogP contribution in [0.3, 0.4) is 0 Å². The molecule has 0 radical (unpaired) electrons. The summed E-state index contributed by atoms with van der Waals surface area (Å²) in [5.41, 5.74) is 0.538. The molecule has 2 aliphatic rings. The lowest BCUT2D eigenvalue weighted by molar-refractivity contribution is -0.128. The van der Waals surface area contributed by atoms with Crippen LogP contribution in [0.2, 0.25) is 0 Å². The third-order valence-electron chi connectivity index (χ3n) is 5.60. The van der Waals surface area contributed by atoms with Gasteiger partial charge in [-0.15, -0.1) is 0 Å². The first-order valence-electron chi connectivity index (χ1n) is 9.77. The van der Waals surface area contributed by atoms with Crippen LogP contribution in [0.1, 0.15) is 65.4 Å². The summed E-state index contributed by atoms with van der Waals surface area (Å²) >= 11 is 0. The molecule has 2 aliphatic heterocycles. The van der Waals surface area contributed by atoms with E-state index in [2.05, 4.69) is 33.3 Å². The highest BCUT2D eigenvalue weighted by Gasteiger charge is 2.40. The van der Waals surface area contributed by atoms with Crippen molar-refractivity contribution in [3.8, 4) is 0 Å². The molecule has 3 rings (SSSR count). The number of fused-ring (bicyclic) bond motifs is 1. The first kappa shape index (κ1) is 18.9. The lowest BCUT2D eigenvalue weighted by Gasteiger charge is -2.32. The maximum absolute atomic E-state index is 12.8. The highest BCUT2D eigenvalue weighted by atomic mass is 16.2. The number of amides is 2. The van der Waals surface area contributed by atoms with Gasteiger partial charge in [0.2, 0.25) is 11.8 Å². The van der Waals surface area contributed by atoms with Gasteiger partial charge in [0.05, 0.1) is 5.69 Å². The van der Waals surface area contributed by atoms with Crippen LogP contribution >= 0.6 is 0 Å². The third-order valence-corrected chi connectivity index (χ3v) is 5.60. The molecule has 3 heterocycles. The highest BCUT2D eigenvalue weighted by molar-refractivity contribution is 5.83. The predicted octanol–water partition coefficient (Wildman–Crippen LogP) is 2.21. The average Bonchev–Trinajstić information content (AvgIpc) is 3.05. The minimum Gasteiger partial charge on any atom is -0.351 e. The Balaban J connectivity index is 1.59. The number of carbonyl (C=O) groups is 2. The zero-order chi connectivity index (χ0) is 19.1. The van der Waals surface area contributed by atoms with Gasteiger partial charge >= 0.3 is 0 Å². The standard InChI is InChI=1S/C20H32N4O2/c1-6-15-12-24-8-7-13(9-16(24)21-15)17(25)22-19(2,3)10-14-11-20(4,5)23-18(14)26/h12-14H,6-11H2,1-5H3,(H,22,25)(H,23,26). The smallest absolute Gasteiger partial charge is 0.224 e. The molecule has 26 heavy (non-hydrogen) atoms. The maximum atomic E-state index is 12.8. The van der Waals surface area contributed by atoms with Crippen LogP contribution in [-0.2, 0) is 29.0 Å². The number of carbonyl (C=O) groups excluding carboxylic acids is 2. The molecule has 1 aromatic rings. The molecule has 0 spiro atoms. The van der Waals surface area contributed by atoms with Crippen molar-refractivity contribution in [1.82, 2.24) is 20.2 Å². The molecule has 0 bridgehead atoms. The van der Waals surface area contributed by atoms with E-state index in [9.17, 15) is 9.59 Å². The van der Waals surface area contributed by atoms with Crippen molar-refractivity contribution in [1.29, 1.82) is 0 Å². The molecule has 0 aliphatic carbocycles. The predicted molar refractivity (Wildman–Crippen MR) is 101 cm³/mol. The summed E-state index contributed by atoms with van der Waals surface area (Å²) in [6.07, 6.45) is 6.03. The van der Waals surface area contributed by atoms with Gasteiger partial charge in [-0.25, -0.2) is 4.98 Å². The van der Waals surface area contributed by atoms with Crippen LogP contribution in [0, 0.1) is 11.8 Å². The Labute approximate surface area is 156 Å². The molecule has 6 heteroatoms. The van der Waals surface area contributed by atoms with Crippen LogP contribution in [0.25, 0.3) is 0 Å². The molecule has 2 N–H and O–H groups in total. The van der Waals surface area contributed by atoms with E-state index in [1.165, 1.54) is 0 Å². The summed E-state index contributed by atoms with van der Waals surface area (Å²) in [6.45, 7) is 11.1. The topological polar surface area (TPSA) is 76.0 Å². The lowest BCUT2D eigenvalue weighted by atomic mass is 9.85. The summed E-state index contributed by atoms with van der Waals surface area (Å²) in [7, 11) is 0. The van der Waals surface area contributed by atoms with Gasteiger partial charge in [0, 0.05) is 42.1 Å². The molecule has 0 aromatic carbocycles. The van der Waals surface area contributed by atoms with Crippen molar-refractivity contribution in [3.05, 3.63) is 17.7 Å². The molecular weight excluding hydrogens is 328 g/mol. The summed E-state index contributed by atoms with van der Waals surface area (Å²) < 4.78 is 2.18. The Hall–Kier alpha value is -1.85. The quantitative estimate of drug-likeness (QED) is 0.845. The van der Waals surface area contributed by atoms with Gasteiger partial charge in [-0.1, -0.05) is 6.92 Å². The monoisotopic (exact) mass is 360 g/mol. The Morgan fingerprint density at radius 1 is 1.46 bits per heavy atom. The van der Waals surface area contributed by atoms with Crippen molar-refractivity contribution >= 4 is 11.8 Å². The molecule has 2 atom stereocenters. The number of rotatable bonds is 5. The molecule has 1 fully saturated rings. The van der Waals surface area contributed by atoms with Gasteiger partial charge in [0.1, 0.15) is 5.82 Å². The van der Waals surface area contributed by atoms with Crippen LogP contribution in [-0.4, -0.2) is 32.4 Å². The van der Waals surface area contributed by atoms with Gasteiger partial charge in [-0.2, -0.15) is 0 Å². The highest BCUT2D eigenvalue weighted by Crippen LogP contribution is 2.31. The summed E-state index contributed by atoms with van der Waals surface area (Å²) in [5, 5.41) is 6.24. The van der Waals surface area contributed by atoms with Crippen molar-refractivity contribution in [2.45, 2.75) is 84.3 Å². The van der Waals surface area contributed by atoms with Crippen molar-refractivity contribution in [2.75, 3.05) is 0 Å². The van der Waals surface area contributed by atoms with E-state index in [4.69, 9.17) is 0 Å². The molecule has 6 nitrogen and oxygen atoms in total. The fraction of sp³-hybridized carbons (Fsp3) is 0.750. The first-order chi connectivity index (χ1) is 12.1. The van der Waals surface area contributed by atoms with E-state index in [-0.39, 0.29) is 29.2 Å². The Kier molecular flexibility index (Phi) is 4.88. The summed E-state index contributed by atoms with van der Waals surface area (Å²) in [5.74, 6) is 1.12. The normalized spacial score (nSPS) is 24.9. The average molecular weight is 361 g/mol. The number of aromatic nitrogens is 2. The van der Waals surface area contributed by atoms with Crippen LogP contribution in [0.4, 0.5) is 0 Å². The second kappa shape index (κ2) is 6.71. The molecular formula is C20H32N4O2. The number of aryl methyl sites for hydroxylation is 2. The minimum absolute atomic E-state index is 0.0391. The van der Waals surface area contributed by atoms with Gasteiger partial charge in [-0.3, -0.25) is 9.59 Å². The third kappa shape index (κ3) is 4.10. The second-order valence-corrected chi connectivity index (χ2v) is 9.24. The molecule has 1 saturated heterocycles. The molecule has 2 amide bonds. The second-order valence-electron chi connectivity index (χ2n) is 9.24. The molecule has 2 unspecified atom stereocenters. The van der Waals surface area contributed by atoms with E-state index < -0.39 is 5.54 Å². The fourth-order valence-electron chi connectivity index (χ4n) is 4.34. The van der Waals surface area contributed by atoms with Gasteiger partial charge in [0.25, 0.3) is 0 Å². The van der Waals surface area contributed by atoms with Gasteiger partial charge in [0.15, 0.2) is 0 Å². The van der Waals surface area contributed by atoms with Gasteiger partial charge < -0.3 is 15.2 Å². The lowest BCUT2D eigenvalue weighted by Crippen LogP contribution is -2.49. The van der Waals surface area contributed by atoms with Crippen molar-refractivity contribution in [2.24, 2.45) is 11.8 Å². The number of imidazole rings is 1. The van der Waals surface area contributed by atoms with Crippen LogP contribution < -0.4 is 10.6 Å². The fourth-order valence-corrected chi connectivity index (χ4v) is 4.34. The largest absolute Gasteiger partial charge is 0.351 e. The van der Waals surface area contributed by atoms with Crippen molar-refractivity contribution in [3.63, 3.8) is 0 Å². The van der Waals surface area contributed by atoms with Crippen molar-refractivity contribution < 1.29 is 9.59 Å². The molecule has 0 saturated carbocycles. The number of hydrogen-bond donors (Lipinski definition) is 2. The Morgan fingerprint density at radius 3 is 2.81 bits per heavy atom. The minimum atomic E-state index is -0.402. The number of nitrogens with one attached hydrogen (secondary N) is 2. The maximum Gasteiger partial charge on any atom is 0.224 e. The van der Waals surface area contributed by atoms with E-state index in [1.54, 1.807) is 0 Å². The number of nitrogens with zero attached hydrogens (tertiary/aromatic N) is 2. The summed E-state index contributed by atoms with van der Waals surface area (Å²) in [4.78, 5) is 29.7. The van der Waals surface area contributed by atoms with E-state index in [0.29, 0.717) is 12.8 Å². The molecule has 144 valence electrons. The summed E-state index contributed by atoms with van der Waals surface area (Å²) in [6, 6.07) is 0. The zero-order valence-electron chi connectivity index (χ0n) is 16.7. The zero-order valence-corrected chi connectivity index (χ0v) is 16.7. The van der Waals surface area contributed by atoms with Gasteiger partial charge in [-0.05, 0) is 53.4 Å². The first-order valence-corrected chi connectivity index (χ1v) is 9.77. The number of hydrogen-bond acceptors (Lipinski definition) is 3. The van der Waals surface area contributed by atoms with E-state index in [1.807, 2.05) is 27.7 Å². The van der Waals surface area contributed by atoms with Crippen LogP contribution in [0.5, 0.6) is 0 Å². The Bertz CT molecular complexity index is 705. The van der Waals surface area contributed by atoms with E-state index >= 15 is 0 Å². The van der Waals surface area contributed by atoms with Crippen LogP contribution in [0.15, 0.2) is 6.20 Å². The van der Waals surface area contributed by atoms with E-state index in [0.717, 1.165) is 37.3 Å².